The second-order valence-electron chi connectivity index (χ2n) is 6.33. The molecule has 1 amide bonds. The molecule has 27 heavy (non-hydrogen) atoms. The summed E-state index contributed by atoms with van der Waals surface area (Å²) in [4.78, 5) is 33.6. The average molecular weight is 451 g/mol. The zero-order chi connectivity index (χ0) is 19.0. The van der Waals surface area contributed by atoms with Crippen molar-refractivity contribution in [2.24, 2.45) is 0 Å². The van der Waals surface area contributed by atoms with Gasteiger partial charge in [0.1, 0.15) is 5.82 Å². The monoisotopic (exact) mass is 450 g/mol. The molecular formula is C18H16BrFN4O2S. The number of amides is 1. The van der Waals surface area contributed by atoms with Gasteiger partial charge in [-0.25, -0.2) is 9.37 Å². The number of carbonyl (C=O) groups is 1. The molecule has 0 radical (unpaired) electrons. The van der Waals surface area contributed by atoms with E-state index in [1.165, 1.54) is 27.9 Å². The molecule has 0 saturated carbocycles. The zero-order valence-corrected chi connectivity index (χ0v) is 16.7. The Morgan fingerprint density at radius 2 is 2.00 bits per heavy atom. The van der Waals surface area contributed by atoms with Crippen molar-refractivity contribution in [1.29, 1.82) is 0 Å². The van der Waals surface area contributed by atoms with Crippen LogP contribution in [-0.2, 0) is 6.54 Å². The summed E-state index contributed by atoms with van der Waals surface area (Å²) in [5.74, 6) is -0.818. The molecule has 0 unspecified atom stereocenters. The number of piperazine rings is 1. The van der Waals surface area contributed by atoms with Gasteiger partial charge in [0, 0.05) is 54.8 Å². The molecule has 4 rings (SSSR count). The van der Waals surface area contributed by atoms with Crippen LogP contribution in [0.15, 0.2) is 45.1 Å². The minimum absolute atomic E-state index is 0.0872. The number of hydrogen-bond donors (Lipinski definition) is 0. The standard InChI is InChI=1S/C18H16BrFN4O2S/c19-12-1-2-14(15(20)9-12)17(26)23-5-3-22(4-6-23)11-13-10-16(25)24-7-8-27-18(24)21-13/h1-2,7-10H,3-6,11H2. The molecule has 1 saturated heterocycles. The number of aromatic nitrogens is 2. The molecule has 9 heteroatoms. The smallest absolute Gasteiger partial charge is 0.258 e. The van der Waals surface area contributed by atoms with E-state index < -0.39 is 5.82 Å². The minimum atomic E-state index is -0.522. The highest BCUT2D eigenvalue weighted by Crippen LogP contribution is 2.18. The van der Waals surface area contributed by atoms with Crippen molar-refractivity contribution in [2.45, 2.75) is 6.54 Å². The Balaban J connectivity index is 1.41. The molecule has 1 fully saturated rings. The molecule has 0 spiro atoms. The Bertz CT molecular complexity index is 1060. The zero-order valence-electron chi connectivity index (χ0n) is 14.3. The van der Waals surface area contributed by atoms with Crippen LogP contribution in [0.2, 0.25) is 0 Å². The second kappa shape index (κ2) is 7.49. The second-order valence-corrected chi connectivity index (χ2v) is 8.12. The maximum Gasteiger partial charge on any atom is 0.258 e. The Labute approximate surface area is 167 Å². The molecule has 0 aliphatic carbocycles. The molecule has 0 N–H and O–H groups in total. The minimum Gasteiger partial charge on any atom is -0.336 e. The number of benzene rings is 1. The molecule has 1 aliphatic heterocycles. The highest BCUT2D eigenvalue weighted by Gasteiger charge is 2.24. The van der Waals surface area contributed by atoms with E-state index in [1.54, 1.807) is 23.2 Å². The van der Waals surface area contributed by atoms with E-state index in [2.05, 4.69) is 25.8 Å². The quantitative estimate of drug-likeness (QED) is 0.615. The normalized spacial score (nSPS) is 15.4. The third kappa shape index (κ3) is 3.80. The summed E-state index contributed by atoms with van der Waals surface area (Å²) in [5, 5.41) is 1.83. The van der Waals surface area contributed by atoms with Crippen molar-refractivity contribution < 1.29 is 9.18 Å². The van der Waals surface area contributed by atoms with Crippen molar-refractivity contribution >= 4 is 38.1 Å². The number of halogens is 2. The van der Waals surface area contributed by atoms with Crippen LogP contribution in [0.25, 0.3) is 4.96 Å². The van der Waals surface area contributed by atoms with Crippen molar-refractivity contribution in [2.75, 3.05) is 26.2 Å². The summed E-state index contributed by atoms with van der Waals surface area (Å²) in [6.45, 7) is 2.87. The van der Waals surface area contributed by atoms with Gasteiger partial charge in [0.2, 0.25) is 0 Å². The predicted octanol–water partition coefficient (Wildman–Crippen LogP) is 2.62. The number of fused-ring (bicyclic) bond motifs is 1. The summed E-state index contributed by atoms with van der Waals surface area (Å²) in [5.41, 5.74) is 0.724. The van der Waals surface area contributed by atoms with E-state index in [0.29, 0.717) is 42.2 Å². The first-order chi connectivity index (χ1) is 13.0. The number of thiazole rings is 1. The van der Waals surface area contributed by atoms with E-state index in [9.17, 15) is 14.0 Å². The lowest BCUT2D eigenvalue weighted by atomic mass is 10.1. The van der Waals surface area contributed by atoms with Crippen molar-refractivity contribution in [3.63, 3.8) is 0 Å². The van der Waals surface area contributed by atoms with Gasteiger partial charge in [-0.15, -0.1) is 11.3 Å². The van der Waals surface area contributed by atoms with Gasteiger partial charge >= 0.3 is 0 Å². The highest BCUT2D eigenvalue weighted by molar-refractivity contribution is 9.10. The predicted molar refractivity (Wildman–Crippen MR) is 105 cm³/mol. The molecule has 140 valence electrons. The topological polar surface area (TPSA) is 57.9 Å². The van der Waals surface area contributed by atoms with Crippen LogP contribution < -0.4 is 5.56 Å². The van der Waals surface area contributed by atoms with Crippen LogP contribution >= 0.6 is 27.3 Å². The third-order valence-electron chi connectivity index (χ3n) is 4.56. The molecule has 1 aromatic carbocycles. The van der Waals surface area contributed by atoms with Gasteiger partial charge in [-0.1, -0.05) is 15.9 Å². The van der Waals surface area contributed by atoms with Crippen LogP contribution in [0.1, 0.15) is 16.1 Å². The molecule has 0 atom stereocenters. The highest BCUT2D eigenvalue weighted by atomic mass is 79.9. The fourth-order valence-electron chi connectivity index (χ4n) is 3.14. The van der Waals surface area contributed by atoms with E-state index in [4.69, 9.17) is 0 Å². The van der Waals surface area contributed by atoms with Gasteiger partial charge in [0.25, 0.3) is 11.5 Å². The van der Waals surface area contributed by atoms with Crippen LogP contribution in [0.5, 0.6) is 0 Å². The first kappa shape index (κ1) is 18.3. The molecule has 2 aromatic heterocycles. The number of carbonyl (C=O) groups excluding carboxylic acids is 1. The van der Waals surface area contributed by atoms with E-state index in [1.807, 2.05) is 5.38 Å². The van der Waals surface area contributed by atoms with Gasteiger partial charge < -0.3 is 4.90 Å². The van der Waals surface area contributed by atoms with Gasteiger partial charge in [-0.2, -0.15) is 0 Å². The lowest BCUT2D eigenvalue weighted by molar-refractivity contribution is 0.0622. The summed E-state index contributed by atoms with van der Waals surface area (Å²) in [7, 11) is 0. The van der Waals surface area contributed by atoms with Crippen molar-refractivity contribution in [1.82, 2.24) is 19.2 Å². The molecule has 0 bridgehead atoms. The first-order valence-electron chi connectivity index (χ1n) is 8.44. The summed E-state index contributed by atoms with van der Waals surface area (Å²) in [6, 6.07) is 6.02. The van der Waals surface area contributed by atoms with E-state index >= 15 is 0 Å². The maximum atomic E-state index is 14.0. The van der Waals surface area contributed by atoms with Crippen LogP contribution in [0.4, 0.5) is 4.39 Å². The maximum absolute atomic E-state index is 14.0. The van der Waals surface area contributed by atoms with Crippen LogP contribution in [0, 0.1) is 5.82 Å². The molecule has 3 aromatic rings. The van der Waals surface area contributed by atoms with Gasteiger partial charge in [-0.05, 0) is 18.2 Å². The Morgan fingerprint density at radius 3 is 2.74 bits per heavy atom. The molecular weight excluding hydrogens is 435 g/mol. The van der Waals surface area contributed by atoms with Crippen LogP contribution in [0.3, 0.4) is 0 Å². The summed E-state index contributed by atoms with van der Waals surface area (Å²) in [6.07, 6.45) is 1.71. The summed E-state index contributed by atoms with van der Waals surface area (Å²) < 4.78 is 16.2. The lowest BCUT2D eigenvalue weighted by Crippen LogP contribution is -2.48. The Kier molecular flexibility index (Phi) is 5.07. The largest absolute Gasteiger partial charge is 0.336 e. The number of hydrogen-bond acceptors (Lipinski definition) is 5. The van der Waals surface area contributed by atoms with Gasteiger partial charge in [-0.3, -0.25) is 18.9 Å². The Hall–Kier alpha value is -2.10. The van der Waals surface area contributed by atoms with Crippen molar-refractivity contribution in [3.05, 3.63) is 67.7 Å². The molecule has 6 nitrogen and oxygen atoms in total. The Morgan fingerprint density at radius 1 is 1.22 bits per heavy atom. The molecule has 3 heterocycles. The first-order valence-corrected chi connectivity index (χ1v) is 10.1. The van der Waals surface area contributed by atoms with E-state index in [0.717, 1.165) is 5.69 Å². The lowest BCUT2D eigenvalue weighted by Gasteiger charge is -2.34. The van der Waals surface area contributed by atoms with Gasteiger partial charge in [0.15, 0.2) is 4.96 Å². The third-order valence-corrected chi connectivity index (χ3v) is 5.81. The summed E-state index contributed by atoms with van der Waals surface area (Å²) >= 11 is 4.62. The fraction of sp³-hybridized carbons (Fsp3) is 0.278. The fourth-order valence-corrected chi connectivity index (χ4v) is 4.21. The molecule has 1 aliphatic rings. The van der Waals surface area contributed by atoms with Crippen LogP contribution in [-0.4, -0.2) is 51.3 Å². The number of nitrogens with zero attached hydrogens (tertiary/aromatic N) is 4. The van der Waals surface area contributed by atoms with E-state index in [-0.39, 0.29) is 17.0 Å². The van der Waals surface area contributed by atoms with Gasteiger partial charge in [0.05, 0.1) is 11.3 Å². The van der Waals surface area contributed by atoms with Crippen molar-refractivity contribution in [3.8, 4) is 0 Å². The number of rotatable bonds is 3. The average Bonchev–Trinajstić information content (AvgIpc) is 3.11. The SMILES string of the molecule is O=C(c1ccc(Br)cc1F)N1CCN(Cc2cc(=O)n3ccsc3n2)CC1.